The third-order valence-corrected chi connectivity index (χ3v) is 1.95. The van der Waals surface area contributed by atoms with Gasteiger partial charge in [-0.1, -0.05) is 0 Å². The van der Waals surface area contributed by atoms with Crippen LogP contribution in [0.25, 0.3) is 0 Å². The van der Waals surface area contributed by atoms with Crippen molar-refractivity contribution in [1.82, 2.24) is 0 Å². The molecule has 5 heteroatoms. The molecule has 0 aliphatic rings. The highest BCUT2D eigenvalue weighted by molar-refractivity contribution is 5.93. The number of methoxy groups -OCH3 is 1. The summed E-state index contributed by atoms with van der Waals surface area (Å²) in [5.74, 6) is -1.24. The molecule has 0 atom stereocenters. The molecular weight excluding hydrogens is 186 g/mol. The van der Waals surface area contributed by atoms with Crippen LogP contribution in [-0.4, -0.2) is 23.3 Å². The number of aromatic hydroxyl groups is 1. The van der Waals surface area contributed by atoms with Gasteiger partial charge in [-0.15, -0.1) is 0 Å². The van der Waals surface area contributed by atoms with Crippen LogP contribution in [0, 0.1) is 6.92 Å². The van der Waals surface area contributed by atoms with Crippen molar-refractivity contribution >= 4 is 11.7 Å². The number of hydrogen-bond acceptors (Lipinski definition) is 4. The number of nitrogens with two attached hydrogens (primary N) is 1. The molecule has 0 saturated heterocycles. The Kier molecular flexibility index (Phi) is 2.51. The fraction of sp³-hybridized carbons (Fsp3) is 0.222. The minimum absolute atomic E-state index is 0.195. The third-order valence-electron chi connectivity index (χ3n) is 1.95. The van der Waals surface area contributed by atoms with E-state index in [1.807, 2.05) is 0 Å². The molecule has 1 aromatic carbocycles. The van der Waals surface area contributed by atoms with Crippen LogP contribution in [0.3, 0.4) is 0 Å². The minimum Gasteiger partial charge on any atom is -0.507 e. The van der Waals surface area contributed by atoms with Gasteiger partial charge in [-0.05, 0) is 13.0 Å². The van der Waals surface area contributed by atoms with Crippen molar-refractivity contribution in [2.45, 2.75) is 6.92 Å². The molecule has 1 aromatic rings. The maximum absolute atomic E-state index is 10.7. The normalized spacial score (nSPS) is 9.86. The lowest BCUT2D eigenvalue weighted by Gasteiger charge is -2.11. The van der Waals surface area contributed by atoms with Crippen LogP contribution < -0.4 is 10.5 Å². The summed E-state index contributed by atoms with van der Waals surface area (Å²) in [6.45, 7) is 1.54. The van der Waals surface area contributed by atoms with Gasteiger partial charge < -0.3 is 20.7 Å². The second-order valence-corrected chi connectivity index (χ2v) is 2.83. The van der Waals surface area contributed by atoms with E-state index < -0.39 is 5.97 Å². The highest BCUT2D eigenvalue weighted by Crippen LogP contribution is 2.35. The second-order valence-electron chi connectivity index (χ2n) is 2.83. The molecule has 76 valence electrons. The topological polar surface area (TPSA) is 92.8 Å². The number of hydrogen-bond donors (Lipinski definition) is 3. The largest absolute Gasteiger partial charge is 0.507 e. The maximum atomic E-state index is 10.7. The van der Waals surface area contributed by atoms with E-state index in [9.17, 15) is 9.90 Å². The molecule has 4 N–H and O–H groups in total. The molecule has 0 aliphatic carbocycles. The van der Waals surface area contributed by atoms with Gasteiger partial charge in [-0.25, -0.2) is 4.79 Å². The van der Waals surface area contributed by atoms with Crippen LogP contribution in [-0.2, 0) is 0 Å². The van der Waals surface area contributed by atoms with Crippen molar-refractivity contribution in [2.75, 3.05) is 12.8 Å². The van der Waals surface area contributed by atoms with Gasteiger partial charge in [-0.3, -0.25) is 0 Å². The lowest BCUT2D eigenvalue weighted by molar-refractivity contribution is 0.0693. The number of aromatic carboxylic acids is 1. The number of anilines is 1. The lowest BCUT2D eigenvalue weighted by atomic mass is 10.1. The van der Waals surface area contributed by atoms with E-state index in [0.29, 0.717) is 11.3 Å². The summed E-state index contributed by atoms with van der Waals surface area (Å²) in [7, 11) is 1.40. The SMILES string of the molecule is COc1c(N)cc(C(=O)O)c(O)c1C. The van der Waals surface area contributed by atoms with Crippen molar-refractivity contribution in [3.05, 3.63) is 17.2 Å². The van der Waals surface area contributed by atoms with Crippen molar-refractivity contribution in [1.29, 1.82) is 0 Å². The number of phenols is 1. The quantitative estimate of drug-likeness (QED) is 0.485. The Morgan fingerprint density at radius 2 is 2.14 bits per heavy atom. The standard InChI is InChI=1S/C9H11NO4/c1-4-7(11)5(9(12)13)3-6(10)8(4)14-2/h3,11H,10H2,1-2H3,(H,12,13). The van der Waals surface area contributed by atoms with Gasteiger partial charge in [0.2, 0.25) is 0 Å². The van der Waals surface area contributed by atoms with Crippen LogP contribution in [0.15, 0.2) is 6.07 Å². The maximum Gasteiger partial charge on any atom is 0.339 e. The van der Waals surface area contributed by atoms with Crippen molar-refractivity contribution in [3.8, 4) is 11.5 Å². The number of carboxylic acids is 1. The van der Waals surface area contributed by atoms with E-state index in [1.54, 1.807) is 0 Å². The van der Waals surface area contributed by atoms with Gasteiger partial charge in [0, 0.05) is 5.56 Å². The smallest absolute Gasteiger partial charge is 0.339 e. The predicted octanol–water partition coefficient (Wildman–Crippen LogP) is 0.990. The molecule has 5 nitrogen and oxygen atoms in total. The Bertz CT molecular complexity index is 387. The van der Waals surface area contributed by atoms with Gasteiger partial charge in [0.15, 0.2) is 0 Å². The third kappa shape index (κ3) is 1.44. The van der Waals surface area contributed by atoms with Gasteiger partial charge in [0.05, 0.1) is 12.8 Å². The summed E-state index contributed by atoms with van der Waals surface area (Å²) in [6.07, 6.45) is 0. The summed E-state index contributed by atoms with van der Waals surface area (Å²) in [5.41, 5.74) is 5.84. The molecule has 14 heavy (non-hydrogen) atoms. The molecule has 0 amide bonds. The molecule has 0 radical (unpaired) electrons. The van der Waals surface area contributed by atoms with Gasteiger partial charge >= 0.3 is 5.97 Å². The van der Waals surface area contributed by atoms with Crippen LogP contribution >= 0.6 is 0 Å². The van der Waals surface area contributed by atoms with E-state index >= 15 is 0 Å². The molecule has 1 rings (SSSR count). The van der Waals surface area contributed by atoms with Gasteiger partial charge in [-0.2, -0.15) is 0 Å². The molecule has 0 unspecified atom stereocenters. The first-order chi connectivity index (χ1) is 6.49. The Hall–Kier alpha value is -1.91. The molecule has 0 fully saturated rings. The molecule has 0 saturated carbocycles. The average Bonchev–Trinajstić information content (AvgIpc) is 2.12. The van der Waals surface area contributed by atoms with Crippen LogP contribution in [0.4, 0.5) is 5.69 Å². The number of nitrogen functional groups attached to an aromatic ring is 1. The zero-order valence-electron chi connectivity index (χ0n) is 7.87. The number of carboxylic acid groups (broad SMARTS) is 1. The number of carbonyl (C=O) groups is 1. The van der Waals surface area contributed by atoms with E-state index in [4.69, 9.17) is 15.6 Å². The van der Waals surface area contributed by atoms with E-state index in [-0.39, 0.29) is 17.0 Å². The van der Waals surface area contributed by atoms with Gasteiger partial charge in [0.25, 0.3) is 0 Å². The Balaban J connectivity index is 3.47. The first-order valence-corrected chi connectivity index (χ1v) is 3.88. The number of benzene rings is 1. The Labute approximate surface area is 80.7 Å². The monoisotopic (exact) mass is 197 g/mol. The fourth-order valence-electron chi connectivity index (χ4n) is 1.25. The first kappa shape index (κ1) is 10.2. The molecular formula is C9H11NO4. The van der Waals surface area contributed by atoms with E-state index in [2.05, 4.69) is 0 Å². The highest BCUT2D eigenvalue weighted by atomic mass is 16.5. The Morgan fingerprint density at radius 1 is 1.57 bits per heavy atom. The summed E-state index contributed by atoms with van der Waals surface area (Å²) >= 11 is 0. The summed E-state index contributed by atoms with van der Waals surface area (Å²) < 4.78 is 4.91. The Morgan fingerprint density at radius 3 is 2.57 bits per heavy atom. The molecule has 0 aliphatic heterocycles. The lowest BCUT2D eigenvalue weighted by Crippen LogP contribution is -2.03. The van der Waals surface area contributed by atoms with Crippen molar-refractivity contribution < 1.29 is 19.7 Å². The second kappa shape index (κ2) is 3.45. The zero-order valence-corrected chi connectivity index (χ0v) is 7.87. The first-order valence-electron chi connectivity index (χ1n) is 3.88. The summed E-state index contributed by atoms with van der Waals surface area (Å²) in [4.78, 5) is 10.7. The average molecular weight is 197 g/mol. The van der Waals surface area contributed by atoms with E-state index in [1.165, 1.54) is 20.1 Å². The van der Waals surface area contributed by atoms with Crippen LogP contribution in [0.1, 0.15) is 15.9 Å². The fourth-order valence-corrected chi connectivity index (χ4v) is 1.25. The van der Waals surface area contributed by atoms with Crippen LogP contribution in [0.2, 0.25) is 0 Å². The summed E-state index contributed by atoms with van der Waals surface area (Å²) in [6, 6.07) is 1.17. The number of rotatable bonds is 2. The molecule has 0 spiro atoms. The molecule has 0 heterocycles. The van der Waals surface area contributed by atoms with Gasteiger partial charge in [0.1, 0.15) is 17.1 Å². The van der Waals surface area contributed by atoms with E-state index in [0.717, 1.165) is 0 Å². The predicted molar refractivity (Wildman–Crippen MR) is 50.8 cm³/mol. The van der Waals surface area contributed by atoms with Crippen LogP contribution in [0.5, 0.6) is 11.5 Å². The molecule has 0 aromatic heterocycles. The highest BCUT2D eigenvalue weighted by Gasteiger charge is 2.17. The molecule has 0 bridgehead atoms. The zero-order chi connectivity index (χ0) is 10.9. The number of ether oxygens (including phenoxy) is 1. The van der Waals surface area contributed by atoms with Crippen molar-refractivity contribution in [3.63, 3.8) is 0 Å². The minimum atomic E-state index is -1.22. The van der Waals surface area contributed by atoms with Crippen molar-refractivity contribution in [2.24, 2.45) is 0 Å². The summed E-state index contributed by atoms with van der Waals surface area (Å²) in [5, 5.41) is 18.2.